The fourth-order valence-corrected chi connectivity index (χ4v) is 3.02. The van der Waals surface area contributed by atoms with E-state index in [1.165, 1.54) is 0 Å². The molecule has 2 aliphatic heterocycles. The molecule has 6 heteroatoms. The first kappa shape index (κ1) is 14.4. The Balaban J connectivity index is 1.62. The average Bonchev–Trinajstić information content (AvgIpc) is 3.00. The van der Waals surface area contributed by atoms with Crippen molar-refractivity contribution in [1.29, 1.82) is 5.26 Å². The van der Waals surface area contributed by atoms with Gasteiger partial charge in [-0.15, -0.1) is 0 Å². The second kappa shape index (κ2) is 6.06. The molecule has 6 nitrogen and oxygen atoms in total. The smallest absolute Gasteiger partial charge is 0.410 e. The predicted molar refractivity (Wildman–Crippen MR) is 78.1 cm³/mol. The molecule has 114 valence electrons. The molecule has 22 heavy (non-hydrogen) atoms. The molecule has 2 saturated heterocycles. The molecule has 0 aliphatic carbocycles. The lowest BCUT2D eigenvalue weighted by Crippen LogP contribution is -2.47. The van der Waals surface area contributed by atoms with E-state index in [-0.39, 0.29) is 18.0 Å². The molecule has 0 unspecified atom stereocenters. The Bertz CT molecular complexity index is 630. The van der Waals surface area contributed by atoms with E-state index in [1.807, 2.05) is 6.07 Å². The molecule has 0 N–H and O–H groups in total. The summed E-state index contributed by atoms with van der Waals surface area (Å²) in [7, 11) is 0. The quantitative estimate of drug-likeness (QED) is 0.831. The average molecular weight is 299 g/mol. The maximum atomic E-state index is 12.5. The lowest BCUT2D eigenvalue weighted by Gasteiger charge is -2.35. The lowest BCUT2D eigenvalue weighted by molar-refractivity contribution is 0.0658. The summed E-state index contributed by atoms with van der Waals surface area (Å²) in [6.07, 6.45) is 1.28. The minimum absolute atomic E-state index is 0.0560. The van der Waals surface area contributed by atoms with Gasteiger partial charge in [-0.2, -0.15) is 5.26 Å². The van der Waals surface area contributed by atoms with Crippen LogP contribution in [-0.2, 0) is 4.74 Å². The van der Waals surface area contributed by atoms with Crippen molar-refractivity contribution in [3.05, 3.63) is 35.4 Å². The number of nitriles is 1. The highest BCUT2D eigenvalue weighted by molar-refractivity contribution is 5.94. The summed E-state index contributed by atoms with van der Waals surface area (Å²) < 4.78 is 4.96. The molecule has 0 aromatic heterocycles. The van der Waals surface area contributed by atoms with Gasteiger partial charge in [-0.1, -0.05) is 6.07 Å². The normalized spacial score (nSPS) is 19.0. The number of rotatable bonds is 2. The van der Waals surface area contributed by atoms with Crippen LogP contribution >= 0.6 is 0 Å². The van der Waals surface area contributed by atoms with Crippen molar-refractivity contribution < 1.29 is 14.3 Å². The molecule has 0 spiro atoms. The van der Waals surface area contributed by atoms with E-state index in [1.54, 1.807) is 34.1 Å². The summed E-state index contributed by atoms with van der Waals surface area (Å²) in [4.78, 5) is 27.6. The summed E-state index contributed by atoms with van der Waals surface area (Å²) in [6, 6.07) is 8.95. The second-order valence-corrected chi connectivity index (χ2v) is 5.52. The van der Waals surface area contributed by atoms with Crippen molar-refractivity contribution in [1.82, 2.24) is 9.80 Å². The van der Waals surface area contributed by atoms with E-state index in [2.05, 4.69) is 0 Å². The summed E-state index contributed by atoms with van der Waals surface area (Å²) >= 11 is 0. The maximum Gasteiger partial charge on any atom is 0.410 e. The highest BCUT2D eigenvalue weighted by atomic mass is 16.6. The molecular formula is C16H17N3O3. The van der Waals surface area contributed by atoms with Crippen molar-refractivity contribution in [3.63, 3.8) is 0 Å². The molecule has 2 amide bonds. The van der Waals surface area contributed by atoms with E-state index < -0.39 is 0 Å². The van der Waals surface area contributed by atoms with Gasteiger partial charge >= 0.3 is 6.09 Å². The Morgan fingerprint density at radius 2 is 2.05 bits per heavy atom. The number of nitrogens with zero attached hydrogens (tertiary/aromatic N) is 3. The van der Waals surface area contributed by atoms with Gasteiger partial charge in [0.15, 0.2) is 0 Å². The van der Waals surface area contributed by atoms with Gasteiger partial charge in [-0.25, -0.2) is 4.79 Å². The molecule has 3 rings (SSSR count). The lowest BCUT2D eigenvalue weighted by atomic mass is 10.0. The summed E-state index contributed by atoms with van der Waals surface area (Å²) in [6.45, 7) is 2.33. The standard InChI is InChI=1S/C16H17N3O3/c17-11-12-2-1-3-13(10-12)15(20)18-6-4-14(5-7-18)19-8-9-22-16(19)21/h1-3,10,14H,4-9H2. The number of likely N-dealkylation sites (tertiary alicyclic amines) is 1. The van der Waals surface area contributed by atoms with E-state index in [0.717, 1.165) is 12.8 Å². The Kier molecular flexibility index (Phi) is 3.96. The monoisotopic (exact) mass is 299 g/mol. The molecule has 0 saturated carbocycles. The highest BCUT2D eigenvalue weighted by Crippen LogP contribution is 2.21. The van der Waals surface area contributed by atoms with Crippen LogP contribution in [0.2, 0.25) is 0 Å². The maximum absolute atomic E-state index is 12.5. The number of cyclic esters (lactones) is 1. The van der Waals surface area contributed by atoms with Gasteiger partial charge in [0.2, 0.25) is 0 Å². The highest BCUT2D eigenvalue weighted by Gasteiger charge is 2.33. The van der Waals surface area contributed by atoms with Crippen LogP contribution in [0.25, 0.3) is 0 Å². The van der Waals surface area contributed by atoms with Gasteiger partial charge in [-0.05, 0) is 31.0 Å². The SMILES string of the molecule is N#Cc1cccc(C(=O)N2CCC(N3CCOC3=O)CC2)c1. The van der Waals surface area contributed by atoms with Crippen molar-refractivity contribution >= 4 is 12.0 Å². The number of hydrogen-bond donors (Lipinski definition) is 0. The number of benzene rings is 1. The van der Waals surface area contributed by atoms with Crippen molar-refractivity contribution in [2.75, 3.05) is 26.2 Å². The topological polar surface area (TPSA) is 73.6 Å². The van der Waals surface area contributed by atoms with Crippen LogP contribution in [0.5, 0.6) is 0 Å². The zero-order valence-corrected chi connectivity index (χ0v) is 12.2. The van der Waals surface area contributed by atoms with Crippen molar-refractivity contribution in [3.8, 4) is 6.07 Å². The molecule has 1 aromatic rings. The van der Waals surface area contributed by atoms with Gasteiger partial charge in [0.05, 0.1) is 18.2 Å². The number of carbonyl (C=O) groups is 2. The molecule has 2 heterocycles. The number of ether oxygens (including phenoxy) is 1. The van der Waals surface area contributed by atoms with Crippen LogP contribution in [0.1, 0.15) is 28.8 Å². The third kappa shape index (κ3) is 2.75. The van der Waals surface area contributed by atoms with Crippen molar-refractivity contribution in [2.45, 2.75) is 18.9 Å². The fourth-order valence-electron chi connectivity index (χ4n) is 3.02. The van der Waals surface area contributed by atoms with Gasteiger partial charge in [0.1, 0.15) is 6.61 Å². The summed E-state index contributed by atoms with van der Waals surface area (Å²) in [5, 5.41) is 8.91. The van der Waals surface area contributed by atoms with Crippen LogP contribution in [0.4, 0.5) is 4.79 Å². The first-order chi connectivity index (χ1) is 10.7. The first-order valence-corrected chi connectivity index (χ1v) is 7.42. The molecule has 0 atom stereocenters. The fraction of sp³-hybridized carbons (Fsp3) is 0.438. The largest absolute Gasteiger partial charge is 0.448 e. The van der Waals surface area contributed by atoms with E-state index in [9.17, 15) is 9.59 Å². The molecule has 0 radical (unpaired) electrons. The third-order valence-electron chi connectivity index (χ3n) is 4.22. The third-order valence-corrected chi connectivity index (χ3v) is 4.22. The van der Waals surface area contributed by atoms with E-state index in [4.69, 9.17) is 10.00 Å². The number of carbonyl (C=O) groups excluding carboxylic acids is 2. The van der Waals surface area contributed by atoms with Crippen LogP contribution in [0, 0.1) is 11.3 Å². The van der Waals surface area contributed by atoms with E-state index >= 15 is 0 Å². The Morgan fingerprint density at radius 3 is 2.68 bits per heavy atom. The number of amides is 2. The second-order valence-electron chi connectivity index (χ2n) is 5.52. The van der Waals surface area contributed by atoms with Crippen LogP contribution < -0.4 is 0 Å². The van der Waals surface area contributed by atoms with Gasteiger partial charge in [0, 0.05) is 24.7 Å². The number of piperidine rings is 1. The predicted octanol–water partition coefficient (Wildman–Crippen LogP) is 1.62. The van der Waals surface area contributed by atoms with E-state index in [0.29, 0.717) is 37.4 Å². The Hall–Kier alpha value is -2.55. The zero-order chi connectivity index (χ0) is 15.5. The molecular weight excluding hydrogens is 282 g/mol. The minimum Gasteiger partial charge on any atom is -0.448 e. The number of hydrogen-bond acceptors (Lipinski definition) is 4. The van der Waals surface area contributed by atoms with Crippen LogP contribution in [0.15, 0.2) is 24.3 Å². The van der Waals surface area contributed by atoms with Crippen LogP contribution in [0.3, 0.4) is 0 Å². The molecule has 1 aromatic carbocycles. The zero-order valence-electron chi connectivity index (χ0n) is 12.2. The van der Waals surface area contributed by atoms with Gasteiger partial charge < -0.3 is 14.5 Å². The minimum atomic E-state index is -0.244. The van der Waals surface area contributed by atoms with Gasteiger partial charge in [-0.3, -0.25) is 4.79 Å². The van der Waals surface area contributed by atoms with Crippen molar-refractivity contribution in [2.24, 2.45) is 0 Å². The first-order valence-electron chi connectivity index (χ1n) is 7.42. The van der Waals surface area contributed by atoms with Gasteiger partial charge in [0.25, 0.3) is 5.91 Å². The molecule has 0 bridgehead atoms. The summed E-state index contributed by atoms with van der Waals surface area (Å²) in [5.41, 5.74) is 1.03. The molecule has 2 aliphatic rings. The Morgan fingerprint density at radius 1 is 1.27 bits per heavy atom. The Labute approximate surface area is 128 Å². The van der Waals surface area contributed by atoms with Crippen LogP contribution in [-0.4, -0.2) is 54.1 Å². The summed E-state index contributed by atoms with van der Waals surface area (Å²) in [5.74, 6) is -0.0560. The molecule has 2 fully saturated rings.